The summed E-state index contributed by atoms with van der Waals surface area (Å²) < 4.78 is 0. The summed E-state index contributed by atoms with van der Waals surface area (Å²) in [6, 6.07) is 88.9. The molecule has 1 aliphatic carbocycles. The number of para-hydroxylation sites is 5. The largest absolute Gasteiger partial charge is 0.310 e. The Morgan fingerprint density at radius 1 is 0.343 bits per heavy atom. The van der Waals surface area contributed by atoms with E-state index >= 15 is 0 Å². The number of benzene rings is 10. The molecule has 0 saturated heterocycles. The minimum absolute atomic E-state index is 0.716. The second-order valence-electron chi connectivity index (χ2n) is 21.0. The Balaban J connectivity index is 1.20. The molecule has 0 N–H and O–H groups in total. The highest BCUT2D eigenvalue weighted by Gasteiger charge is 2.53. The van der Waals surface area contributed by atoms with Gasteiger partial charge in [-0.25, -0.2) is 0 Å². The summed E-state index contributed by atoms with van der Waals surface area (Å²) in [5.74, 6) is 0. The predicted molar refractivity (Wildman–Crippen MR) is 305 cm³/mol. The average molecular weight is 936 g/mol. The molecular weight excluding hydrogens is 879 g/mol. The van der Waals surface area contributed by atoms with Crippen LogP contribution in [0.25, 0.3) is 21.9 Å². The van der Waals surface area contributed by atoms with Crippen LogP contribution in [0.1, 0.15) is 22.3 Å². The first-order valence-electron chi connectivity index (χ1n) is 24.7. The van der Waals surface area contributed by atoms with Crippen molar-refractivity contribution in [1.29, 1.82) is 0 Å². The van der Waals surface area contributed by atoms with E-state index in [4.69, 9.17) is 0 Å². The van der Waals surface area contributed by atoms with Crippen LogP contribution in [-0.2, 0) is 5.41 Å². The van der Waals surface area contributed by atoms with Gasteiger partial charge < -0.3 is 14.7 Å². The standard InChI is InChI=1S/C65H57N3Si2/c1-69(2,3)52-39-34-49(35-40-52)66(46-22-10-7-11-23-46)51-38-43-56-59(44-51)65(57-30-18-20-32-61(57)68(48-26-14-9-15-27-48)62-33-21-19-31-58(62)65)60-45-63(54-28-16-17-29-55(54)64(56)60)67(47-24-12-8-13-25-47)50-36-41-53(42-37-50)70(4,5)6/h7-45H,1-6H3. The van der Waals surface area contributed by atoms with Gasteiger partial charge in [-0.1, -0.05) is 195 Å². The first-order valence-corrected chi connectivity index (χ1v) is 31.7. The summed E-state index contributed by atoms with van der Waals surface area (Å²) in [5.41, 5.74) is 17.2. The predicted octanol–water partition coefficient (Wildman–Crippen LogP) is 17.0. The molecule has 340 valence electrons. The third kappa shape index (κ3) is 6.98. The number of nitrogens with zero attached hydrogens (tertiary/aromatic N) is 3. The summed E-state index contributed by atoms with van der Waals surface area (Å²) in [6.45, 7) is 14.5. The van der Waals surface area contributed by atoms with Crippen molar-refractivity contribution in [2.75, 3.05) is 14.7 Å². The molecule has 1 heterocycles. The van der Waals surface area contributed by atoms with Crippen LogP contribution in [0.2, 0.25) is 39.3 Å². The highest BCUT2D eigenvalue weighted by Crippen LogP contribution is 2.66. The second-order valence-corrected chi connectivity index (χ2v) is 31.1. The van der Waals surface area contributed by atoms with Gasteiger partial charge in [0.05, 0.1) is 38.6 Å². The molecule has 0 atom stereocenters. The van der Waals surface area contributed by atoms with Gasteiger partial charge in [-0.05, 0) is 130 Å². The van der Waals surface area contributed by atoms with E-state index in [1.807, 2.05) is 0 Å². The molecule has 0 amide bonds. The SMILES string of the molecule is C[Si](C)(C)c1ccc(N(c2ccccc2)c2ccc3c(c2)C2(c4ccccc4N(c4ccccc4)c4ccccc42)c2cc(N(c4ccccc4)c4ccc([Si](C)(C)C)cc4)c4ccccc4c2-3)cc1. The minimum atomic E-state index is -1.56. The number of hydrogen-bond acceptors (Lipinski definition) is 3. The van der Waals surface area contributed by atoms with Gasteiger partial charge in [0.1, 0.15) is 0 Å². The van der Waals surface area contributed by atoms with Crippen LogP contribution in [-0.4, -0.2) is 16.1 Å². The van der Waals surface area contributed by atoms with E-state index in [0.29, 0.717) is 0 Å². The fourth-order valence-corrected chi connectivity index (χ4v) is 13.7. The van der Waals surface area contributed by atoms with Gasteiger partial charge in [-0.15, -0.1) is 0 Å². The van der Waals surface area contributed by atoms with E-state index in [-0.39, 0.29) is 0 Å². The maximum Gasteiger partial charge on any atom is 0.0775 e. The zero-order chi connectivity index (χ0) is 47.8. The molecule has 12 rings (SSSR count). The Morgan fingerprint density at radius 2 is 0.771 bits per heavy atom. The molecule has 0 fully saturated rings. The molecule has 70 heavy (non-hydrogen) atoms. The van der Waals surface area contributed by atoms with E-state index in [1.54, 1.807) is 0 Å². The zero-order valence-electron chi connectivity index (χ0n) is 40.9. The summed E-state index contributed by atoms with van der Waals surface area (Å²) in [7, 11) is -3.10. The Morgan fingerprint density at radius 3 is 1.31 bits per heavy atom. The molecule has 1 aliphatic heterocycles. The monoisotopic (exact) mass is 935 g/mol. The fourth-order valence-electron chi connectivity index (χ4n) is 11.4. The van der Waals surface area contributed by atoms with Gasteiger partial charge in [-0.2, -0.15) is 0 Å². The van der Waals surface area contributed by atoms with Crippen molar-refractivity contribution in [1.82, 2.24) is 0 Å². The summed E-state index contributed by atoms with van der Waals surface area (Å²) in [4.78, 5) is 7.43. The molecular formula is C65H57N3Si2. The van der Waals surface area contributed by atoms with Crippen LogP contribution in [0.5, 0.6) is 0 Å². The van der Waals surface area contributed by atoms with Crippen LogP contribution in [0.4, 0.5) is 51.2 Å². The van der Waals surface area contributed by atoms with Crippen LogP contribution in [0.15, 0.2) is 237 Å². The Hall–Kier alpha value is -7.71. The van der Waals surface area contributed by atoms with E-state index in [1.165, 1.54) is 65.9 Å². The lowest BCUT2D eigenvalue weighted by atomic mass is 9.64. The number of anilines is 9. The highest BCUT2D eigenvalue weighted by molar-refractivity contribution is 6.89. The molecule has 2 aliphatic rings. The highest BCUT2D eigenvalue weighted by atomic mass is 28.3. The second kappa shape index (κ2) is 16.8. The number of fused-ring (bicyclic) bond motifs is 11. The summed E-state index contributed by atoms with van der Waals surface area (Å²) in [6.07, 6.45) is 0. The first kappa shape index (κ1) is 43.6. The normalized spacial score (nSPS) is 13.4. The van der Waals surface area contributed by atoms with Crippen LogP contribution >= 0.6 is 0 Å². The quantitative estimate of drug-likeness (QED) is 0.134. The lowest BCUT2D eigenvalue weighted by Gasteiger charge is -2.45. The molecule has 10 aromatic rings. The van der Waals surface area contributed by atoms with Crippen molar-refractivity contribution in [2.45, 2.75) is 44.7 Å². The fraction of sp³-hybridized carbons (Fsp3) is 0.108. The van der Waals surface area contributed by atoms with Gasteiger partial charge in [0.15, 0.2) is 0 Å². The van der Waals surface area contributed by atoms with Crippen LogP contribution in [0, 0.1) is 0 Å². The zero-order valence-corrected chi connectivity index (χ0v) is 42.9. The van der Waals surface area contributed by atoms with Crippen LogP contribution < -0.4 is 25.1 Å². The lowest BCUT2D eigenvalue weighted by molar-refractivity contribution is 0.753. The summed E-state index contributed by atoms with van der Waals surface area (Å²) in [5, 5.41) is 5.35. The van der Waals surface area contributed by atoms with Gasteiger partial charge in [-0.3, -0.25) is 0 Å². The van der Waals surface area contributed by atoms with E-state index in [0.717, 1.165) is 39.8 Å². The number of rotatable bonds is 9. The molecule has 10 aromatic carbocycles. The first-order chi connectivity index (χ1) is 34.0. The van der Waals surface area contributed by atoms with Gasteiger partial charge in [0, 0.05) is 39.5 Å². The van der Waals surface area contributed by atoms with Crippen molar-refractivity contribution >= 4 is 88.5 Å². The Bertz CT molecular complexity index is 3510. The molecule has 0 unspecified atom stereocenters. The van der Waals surface area contributed by atoms with Crippen molar-refractivity contribution < 1.29 is 0 Å². The number of hydrogen-bond donors (Lipinski definition) is 0. The van der Waals surface area contributed by atoms with Gasteiger partial charge >= 0.3 is 0 Å². The smallest absolute Gasteiger partial charge is 0.0775 e. The van der Waals surface area contributed by atoms with E-state index < -0.39 is 21.6 Å². The maximum absolute atomic E-state index is 2.56. The molecule has 0 saturated carbocycles. The maximum atomic E-state index is 2.56. The minimum Gasteiger partial charge on any atom is -0.310 e. The molecule has 0 aromatic heterocycles. The van der Waals surface area contributed by atoms with Crippen molar-refractivity contribution in [3.63, 3.8) is 0 Å². The van der Waals surface area contributed by atoms with Crippen molar-refractivity contribution in [3.8, 4) is 11.1 Å². The lowest BCUT2D eigenvalue weighted by Crippen LogP contribution is -2.37. The third-order valence-corrected chi connectivity index (χ3v) is 18.9. The molecule has 1 spiro atoms. The van der Waals surface area contributed by atoms with Crippen LogP contribution in [0.3, 0.4) is 0 Å². The summed E-state index contributed by atoms with van der Waals surface area (Å²) >= 11 is 0. The molecule has 3 nitrogen and oxygen atoms in total. The molecule has 0 bridgehead atoms. The molecule has 5 heteroatoms. The topological polar surface area (TPSA) is 9.72 Å². The van der Waals surface area contributed by atoms with Gasteiger partial charge in [0.25, 0.3) is 0 Å². The van der Waals surface area contributed by atoms with Gasteiger partial charge in [0.2, 0.25) is 0 Å². The average Bonchev–Trinajstić information content (AvgIpc) is 3.67. The Labute approximate surface area is 415 Å². The third-order valence-electron chi connectivity index (χ3n) is 14.7. The molecule has 0 radical (unpaired) electrons. The van der Waals surface area contributed by atoms with Crippen molar-refractivity contribution in [2.24, 2.45) is 0 Å². The van der Waals surface area contributed by atoms with Crippen molar-refractivity contribution in [3.05, 3.63) is 259 Å². The Kier molecular flexibility index (Phi) is 10.4. The van der Waals surface area contributed by atoms with E-state index in [2.05, 4.69) is 291 Å². The van der Waals surface area contributed by atoms with E-state index in [9.17, 15) is 0 Å².